The highest BCUT2D eigenvalue weighted by atomic mass is 35.5. The number of carbonyl (C=O) groups is 1. The topological polar surface area (TPSA) is 58.6 Å². The van der Waals surface area contributed by atoms with Crippen molar-refractivity contribution in [2.45, 2.75) is 32.1 Å². The summed E-state index contributed by atoms with van der Waals surface area (Å²) in [6, 6.07) is 5.59. The molecule has 1 aliphatic carbocycles. The molecule has 1 aliphatic heterocycles. The summed E-state index contributed by atoms with van der Waals surface area (Å²) in [6.45, 7) is 4.96. The SMILES string of the molecule is COCC(=O)N1CCN(c2nc(C3CC3)nc(C)c2Cc2ccc(Cl)cc2Cl)CC1. The summed E-state index contributed by atoms with van der Waals surface area (Å²) in [4.78, 5) is 26.1. The number of methoxy groups -OCH3 is 1. The zero-order chi connectivity index (χ0) is 21.3. The van der Waals surface area contributed by atoms with Crippen LogP contribution in [0.5, 0.6) is 0 Å². The predicted octanol–water partition coefficient (Wildman–Crippen LogP) is 3.86. The first-order chi connectivity index (χ1) is 14.5. The Labute approximate surface area is 187 Å². The Hall–Kier alpha value is -1.89. The lowest BCUT2D eigenvalue weighted by molar-refractivity contribution is -0.135. The number of aromatic nitrogens is 2. The average Bonchev–Trinajstić information content (AvgIpc) is 3.57. The second-order valence-electron chi connectivity index (χ2n) is 7.96. The van der Waals surface area contributed by atoms with Gasteiger partial charge in [0.2, 0.25) is 5.91 Å². The van der Waals surface area contributed by atoms with Crippen molar-refractivity contribution in [3.63, 3.8) is 0 Å². The van der Waals surface area contributed by atoms with E-state index in [-0.39, 0.29) is 12.5 Å². The molecule has 2 fully saturated rings. The second kappa shape index (κ2) is 9.08. The van der Waals surface area contributed by atoms with Crippen molar-refractivity contribution in [2.75, 3.05) is 44.8 Å². The van der Waals surface area contributed by atoms with E-state index in [0.29, 0.717) is 35.5 Å². The van der Waals surface area contributed by atoms with Crippen LogP contribution in [0.15, 0.2) is 18.2 Å². The highest BCUT2D eigenvalue weighted by Crippen LogP contribution is 2.40. The fraction of sp³-hybridized carbons (Fsp3) is 0.500. The van der Waals surface area contributed by atoms with Crippen LogP contribution >= 0.6 is 23.2 Å². The first-order valence-corrected chi connectivity index (χ1v) is 11.0. The largest absolute Gasteiger partial charge is 0.375 e. The van der Waals surface area contributed by atoms with E-state index in [1.807, 2.05) is 17.0 Å². The predicted molar refractivity (Wildman–Crippen MR) is 119 cm³/mol. The molecule has 160 valence electrons. The maximum atomic E-state index is 12.2. The Kier molecular flexibility index (Phi) is 6.46. The summed E-state index contributed by atoms with van der Waals surface area (Å²) in [5.74, 6) is 2.41. The molecule has 1 aromatic heterocycles. The molecule has 2 heterocycles. The monoisotopic (exact) mass is 448 g/mol. The lowest BCUT2D eigenvalue weighted by atomic mass is 10.0. The van der Waals surface area contributed by atoms with Gasteiger partial charge in [0.25, 0.3) is 0 Å². The summed E-state index contributed by atoms with van der Waals surface area (Å²) in [7, 11) is 1.55. The van der Waals surface area contributed by atoms with Crippen LogP contribution in [-0.4, -0.2) is 60.7 Å². The summed E-state index contributed by atoms with van der Waals surface area (Å²) < 4.78 is 4.99. The van der Waals surface area contributed by atoms with Crippen LogP contribution in [0.25, 0.3) is 0 Å². The number of hydrogen-bond donors (Lipinski definition) is 0. The van der Waals surface area contributed by atoms with Gasteiger partial charge in [-0.1, -0.05) is 29.3 Å². The van der Waals surface area contributed by atoms with Gasteiger partial charge in [-0.15, -0.1) is 0 Å². The molecule has 0 spiro atoms. The van der Waals surface area contributed by atoms with E-state index < -0.39 is 0 Å². The highest BCUT2D eigenvalue weighted by Gasteiger charge is 2.30. The van der Waals surface area contributed by atoms with Crippen LogP contribution in [-0.2, 0) is 16.0 Å². The van der Waals surface area contributed by atoms with Gasteiger partial charge in [0.05, 0.1) is 0 Å². The Morgan fingerprint density at radius 2 is 1.90 bits per heavy atom. The molecular weight excluding hydrogens is 423 g/mol. The van der Waals surface area contributed by atoms with E-state index >= 15 is 0 Å². The Morgan fingerprint density at radius 1 is 1.17 bits per heavy atom. The number of ether oxygens (including phenoxy) is 1. The van der Waals surface area contributed by atoms with Gasteiger partial charge in [-0.2, -0.15) is 0 Å². The summed E-state index contributed by atoms with van der Waals surface area (Å²) in [5, 5.41) is 1.27. The third-order valence-corrected chi connectivity index (χ3v) is 6.32. The number of anilines is 1. The minimum Gasteiger partial charge on any atom is -0.375 e. The minimum atomic E-state index is 0.0304. The number of piperazine rings is 1. The molecule has 0 radical (unpaired) electrons. The van der Waals surface area contributed by atoms with Crippen LogP contribution in [0.3, 0.4) is 0 Å². The van der Waals surface area contributed by atoms with Gasteiger partial charge >= 0.3 is 0 Å². The van der Waals surface area contributed by atoms with Crippen molar-refractivity contribution in [1.82, 2.24) is 14.9 Å². The highest BCUT2D eigenvalue weighted by molar-refractivity contribution is 6.35. The lowest BCUT2D eigenvalue weighted by Gasteiger charge is -2.36. The molecule has 1 saturated heterocycles. The lowest BCUT2D eigenvalue weighted by Crippen LogP contribution is -2.50. The number of amides is 1. The molecule has 30 heavy (non-hydrogen) atoms. The number of aryl methyl sites for hydroxylation is 1. The molecule has 0 bridgehead atoms. The quantitative estimate of drug-likeness (QED) is 0.671. The number of rotatable bonds is 6. The van der Waals surface area contributed by atoms with Gasteiger partial charge in [-0.05, 0) is 37.5 Å². The zero-order valence-electron chi connectivity index (χ0n) is 17.3. The summed E-state index contributed by atoms with van der Waals surface area (Å²) in [5.41, 5.74) is 3.08. The number of benzene rings is 1. The van der Waals surface area contributed by atoms with E-state index in [1.54, 1.807) is 13.2 Å². The molecule has 2 aromatic rings. The van der Waals surface area contributed by atoms with E-state index in [9.17, 15) is 4.79 Å². The molecule has 1 aromatic carbocycles. The van der Waals surface area contributed by atoms with Crippen LogP contribution in [0.4, 0.5) is 5.82 Å². The molecule has 1 saturated carbocycles. The van der Waals surface area contributed by atoms with Crippen LogP contribution < -0.4 is 4.90 Å². The fourth-order valence-corrected chi connectivity index (χ4v) is 4.31. The van der Waals surface area contributed by atoms with Gasteiger partial charge in [0.1, 0.15) is 18.2 Å². The van der Waals surface area contributed by atoms with Crippen molar-refractivity contribution in [3.8, 4) is 0 Å². The minimum absolute atomic E-state index is 0.0304. The zero-order valence-corrected chi connectivity index (χ0v) is 18.8. The van der Waals surface area contributed by atoms with Crippen LogP contribution in [0.1, 0.15) is 41.4 Å². The standard InChI is InChI=1S/C22H26Cl2N4O2/c1-14-18(11-16-5-6-17(23)12-19(16)24)22(26-21(25-14)15-3-4-15)28-9-7-27(8-10-28)20(29)13-30-2/h5-6,12,15H,3-4,7-11,13H2,1-2H3. The second-order valence-corrected chi connectivity index (χ2v) is 8.80. The third kappa shape index (κ3) is 4.71. The molecule has 0 unspecified atom stereocenters. The Morgan fingerprint density at radius 3 is 2.53 bits per heavy atom. The first-order valence-electron chi connectivity index (χ1n) is 10.3. The van der Waals surface area contributed by atoms with E-state index in [1.165, 1.54) is 0 Å². The van der Waals surface area contributed by atoms with Gasteiger partial charge < -0.3 is 14.5 Å². The Balaban J connectivity index is 1.61. The van der Waals surface area contributed by atoms with Gasteiger partial charge in [0.15, 0.2) is 0 Å². The number of nitrogens with zero attached hydrogens (tertiary/aromatic N) is 4. The molecule has 1 amide bonds. The van der Waals surface area contributed by atoms with Gasteiger partial charge in [-0.25, -0.2) is 9.97 Å². The summed E-state index contributed by atoms with van der Waals surface area (Å²) >= 11 is 12.5. The van der Waals surface area contributed by atoms with Crippen molar-refractivity contribution in [3.05, 3.63) is 50.9 Å². The number of hydrogen-bond acceptors (Lipinski definition) is 5. The Bertz CT molecular complexity index is 941. The van der Waals surface area contributed by atoms with E-state index in [4.69, 9.17) is 37.9 Å². The average molecular weight is 449 g/mol. The van der Waals surface area contributed by atoms with Crippen LogP contribution in [0.2, 0.25) is 10.0 Å². The maximum absolute atomic E-state index is 12.2. The van der Waals surface area contributed by atoms with Crippen molar-refractivity contribution in [1.29, 1.82) is 0 Å². The first kappa shape index (κ1) is 21.3. The van der Waals surface area contributed by atoms with Crippen molar-refractivity contribution < 1.29 is 9.53 Å². The van der Waals surface area contributed by atoms with Gasteiger partial charge in [0, 0.05) is 66.9 Å². The third-order valence-electron chi connectivity index (χ3n) is 5.73. The maximum Gasteiger partial charge on any atom is 0.248 e. The number of halogens is 2. The molecule has 6 nitrogen and oxygen atoms in total. The van der Waals surface area contributed by atoms with E-state index in [2.05, 4.69) is 11.8 Å². The smallest absolute Gasteiger partial charge is 0.248 e. The van der Waals surface area contributed by atoms with Crippen molar-refractivity contribution in [2.24, 2.45) is 0 Å². The number of carbonyl (C=O) groups excluding carboxylic acids is 1. The molecular formula is C22H26Cl2N4O2. The molecule has 4 rings (SSSR count). The normalized spacial score (nSPS) is 16.8. The molecule has 0 atom stereocenters. The van der Waals surface area contributed by atoms with E-state index in [0.717, 1.165) is 54.4 Å². The van der Waals surface area contributed by atoms with Crippen LogP contribution in [0, 0.1) is 6.92 Å². The fourth-order valence-electron chi connectivity index (χ4n) is 3.83. The molecule has 2 aliphatic rings. The summed E-state index contributed by atoms with van der Waals surface area (Å²) in [6.07, 6.45) is 2.95. The van der Waals surface area contributed by atoms with Gasteiger partial charge in [-0.3, -0.25) is 4.79 Å². The molecule has 0 N–H and O–H groups in total. The van der Waals surface area contributed by atoms with Crippen molar-refractivity contribution >= 4 is 34.9 Å². The molecule has 8 heteroatoms.